The van der Waals surface area contributed by atoms with Gasteiger partial charge in [0.1, 0.15) is 17.1 Å². The zero-order chi connectivity index (χ0) is 13.7. The predicted octanol–water partition coefficient (Wildman–Crippen LogP) is 1.90. The Balaban J connectivity index is 2.54. The molecule has 0 fully saturated rings. The number of benzene rings is 2. The second-order valence-electron chi connectivity index (χ2n) is 4.39. The smallest absolute Gasteiger partial charge is 0.276 e. The average Bonchev–Trinajstić information content (AvgIpc) is 2.65. The number of phenols is 1. The molecule has 0 atom stereocenters. The number of likely N-dealkylation sites (N-methyl/N-ethyl adjacent to an activating group) is 1. The van der Waals surface area contributed by atoms with Gasteiger partial charge in [-0.1, -0.05) is 24.3 Å². The van der Waals surface area contributed by atoms with E-state index in [0.717, 1.165) is 5.39 Å². The van der Waals surface area contributed by atoms with Gasteiger partial charge in [-0.3, -0.25) is 10.2 Å². The van der Waals surface area contributed by atoms with Gasteiger partial charge in [-0.2, -0.15) is 0 Å². The molecule has 96 valence electrons. The minimum Gasteiger partial charge on any atom is -0.507 e. The number of hydrogen-bond acceptors (Lipinski definition) is 4. The molecule has 0 bridgehead atoms. The molecule has 3 rings (SSSR count). The largest absolute Gasteiger partial charge is 0.507 e. The Hall–Kier alpha value is -2.56. The van der Waals surface area contributed by atoms with E-state index in [9.17, 15) is 9.90 Å². The van der Waals surface area contributed by atoms with E-state index in [1.165, 1.54) is 12.0 Å². The van der Waals surface area contributed by atoms with Crippen LogP contribution in [0.1, 0.15) is 5.56 Å². The summed E-state index contributed by atoms with van der Waals surface area (Å²) < 4.78 is 5.39. The van der Waals surface area contributed by atoms with Gasteiger partial charge >= 0.3 is 0 Å². The van der Waals surface area contributed by atoms with Crippen molar-refractivity contribution in [2.45, 2.75) is 0 Å². The first kappa shape index (κ1) is 11.5. The maximum absolute atomic E-state index is 11.9. The molecule has 2 aromatic carbocycles. The van der Waals surface area contributed by atoms with E-state index in [0.29, 0.717) is 16.8 Å². The number of phenolic OH excluding ortho intramolecular Hbond substituents is 1. The molecule has 5 heteroatoms. The third-order valence-electron chi connectivity index (χ3n) is 3.42. The van der Waals surface area contributed by atoms with Gasteiger partial charge in [0.25, 0.3) is 5.91 Å². The van der Waals surface area contributed by atoms with E-state index >= 15 is 0 Å². The number of nitrogens with zero attached hydrogens (tertiary/aromatic N) is 1. The van der Waals surface area contributed by atoms with Crippen molar-refractivity contribution < 1.29 is 14.6 Å². The highest BCUT2D eigenvalue weighted by molar-refractivity contribution is 6.54. The van der Waals surface area contributed by atoms with Crippen LogP contribution in [0.2, 0.25) is 0 Å². The van der Waals surface area contributed by atoms with E-state index in [4.69, 9.17) is 10.1 Å². The molecule has 0 unspecified atom stereocenters. The third-order valence-corrected chi connectivity index (χ3v) is 3.42. The Bertz CT molecular complexity index is 737. The topological polar surface area (TPSA) is 73.6 Å². The number of aromatic hydroxyl groups is 1. The van der Waals surface area contributed by atoms with E-state index in [-0.39, 0.29) is 17.0 Å². The van der Waals surface area contributed by atoms with E-state index < -0.39 is 5.91 Å². The normalized spacial score (nSPS) is 14.1. The van der Waals surface area contributed by atoms with Gasteiger partial charge in [0, 0.05) is 17.8 Å². The summed E-state index contributed by atoms with van der Waals surface area (Å²) in [5, 5.41) is 19.5. The minimum absolute atomic E-state index is 0.0471. The van der Waals surface area contributed by atoms with Gasteiger partial charge in [-0.05, 0) is 0 Å². The summed E-state index contributed by atoms with van der Waals surface area (Å²) in [5.74, 6) is 0.00880. The number of fused-ring (bicyclic) bond motifs is 2. The first-order valence-corrected chi connectivity index (χ1v) is 5.76. The lowest BCUT2D eigenvalue weighted by atomic mass is 10.0. The number of hydrogen-bond donors (Lipinski definition) is 2. The maximum atomic E-state index is 11.9. The summed E-state index contributed by atoms with van der Waals surface area (Å²) in [6, 6.07) is 7.18. The molecule has 2 aromatic rings. The van der Waals surface area contributed by atoms with Gasteiger partial charge in [0.05, 0.1) is 12.7 Å². The SMILES string of the molecule is COc1c2c(c(O)c3ccccc13)C(=N)C(=O)N2C. The fourth-order valence-corrected chi connectivity index (χ4v) is 2.52. The molecule has 0 saturated heterocycles. The van der Waals surface area contributed by atoms with Crippen molar-refractivity contribution in [3.8, 4) is 11.5 Å². The molecular weight excluding hydrogens is 244 g/mol. The molecule has 19 heavy (non-hydrogen) atoms. The fourth-order valence-electron chi connectivity index (χ4n) is 2.52. The summed E-state index contributed by atoms with van der Waals surface area (Å²) in [6.45, 7) is 0. The van der Waals surface area contributed by atoms with Crippen LogP contribution in [0.3, 0.4) is 0 Å². The highest BCUT2D eigenvalue weighted by atomic mass is 16.5. The van der Waals surface area contributed by atoms with Crippen LogP contribution in [0.25, 0.3) is 10.8 Å². The predicted molar refractivity (Wildman–Crippen MR) is 72.4 cm³/mol. The number of nitrogens with one attached hydrogen (secondary N) is 1. The van der Waals surface area contributed by atoms with Gasteiger partial charge in [0.2, 0.25) is 0 Å². The zero-order valence-corrected chi connectivity index (χ0v) is 10.5. The first-order valence-electron chi connectivity index (χ1n) is 5.76. The van der Waals surface area contributed by atoms with Crippen molar-refractivity contribution in [3.05, 3.63) is 29.8 Å². The Morgan fingerprint density at radius 2 is 1.89 bits per heavy atom. The Kier molecular flexibility index (Phi) is 2.25. The molecule has 0 aliphatic carbocycles. The number of carbonyl (C=O) groups excluding carboxylic acids is 1. The van der Waals surface area contributed by atoms with Crippen LogP contribution < -0.4 is 9.64 Å². The van der Waals surface area contributed by atoms with Gasteiger partial charge in [0.15, 0.2) is 5.75 Å². The van der Waals surface area contributed by atoms with Gasteiger partial charge in [-0.25, -0.2) is 0 Å². The molecule has 0 aromatic heterocycles. The number of carbonyl (C=O) groups is 1. The fraction of sp³-hybridized carbons (Fsp3) is 0.143. The molecule has 0 saturated carbocycles. The van der Waals surface area contributed by atoms with Crippen molar-refractivity contribution in [3.63, 3.8) is 0 Å². The van der Waals surface area contributed by atoms with E-state index in [2.05, 4.69) is 0 Å². The van der Waals surface area contributed by atoms with E-state index in [1.54, 1.807) is 19.2 Å². The lowest BCUT2D eigenvalue weighted by molar-refractivity contribution is -0.112. The van der Waals surface area contributed by atoms with Crippen molar-refractivity contribution in [1.29, 1.82) is 5.41 Å². The number of ether oxygens (including phenoxy) is 1. The van der Waals surface area contributed by atoms with Crippen LogP contribution in [0.4, 0.5) is 5.69 Å². The summed E-state index contributed by atoms with van der Waals surface area (Å²) in [4.78, 5) is 13.2. The van der Waals surface area contributed by atoms with Gasteiger partial charge < -0.3 is 14.7 Å². The summed E-state index contributed by atoms with van der Waals surface area (Å²) >= 11 is 0. The van der Waals surface area contributed by atoms with Gasteiger partial charge in [-0.15, -0.1) is 0 Å². The van der Waals surface area contributed by atoms with Crippen LogP contribution in [0, 0.1) is 5.41 Å². The number of anilines is 1. The third kappa shape index (κ3) is 1.29. The van der Waals surface area contributed by atoms with E-state index in [1.807, 2.05) is 12.1 Å². The van der Waals surface area contributed by atoms with Crippen LogP contribution in [0.15, 0.2) is 24.3 Å². The summed E-state index contributed by atoms with van der Waals surface area (Å²) in [7, 11) is 3.08. The molecule has 1 aliphatic rings. The Morgan fingerprint density at radius 1 is 1.26 bits per heavy atom. The van der Waals surface area contributed by atoms with Crippen molar-refractivity contribution in [1.82, 2.24) is 0 Å². The molecule has 0 radical (unpaired) electrons. The molecule has 5 nitrogen and oxygen atoms in total. The number of amides is 1. The second-order valence-corrected chi connectivity index (χ2v) is 4.39. The van der Waals surface area contributed by atoms with Crippen LogP contribution >= 0.6 is 0 Å². The van der Waals surface area contributed by atoms with Crippen molar-refractivity contribution in [2.24, 2.45) is 0 Å². The average molecular weight is 256 g/mol. The quantitative estimate of drug-likeness (QED) is 0.818. The summed E-state index contributed by atoms with van der Waals surface area (Å²) in [5.41, 5.74) is 0.482. The molecule has 2 N–H and O–H groups in total. The Labute approximate surface area is 109 Å². The van der Waals surface area contributed by atoms with Crippen LogP contribution in [-0.2, 0) is 4.79 Å². The summed E-state index contributed by atoms with van der Waals surface area (Å²) in [6.07, 6.45) is 0. The number of rotatable bonds is 1. The van der Waals surface area contributed by atoms with Crippen LogP contribution in [-0.4, -0.2) is 30.9 Å². The molecular formula is C14H12N2O3. The number of methoxy groups -OCH3 is 1. The molecule has 1 heterocycles. The molecule has 0 spiro atoms. The molecule has 1 aliphatic heterocycles. The zero-order valence-electron chi connectivity index (χ0n) is 10.5. The van der Waals surface area contributed by atoms with Crippen molar-refractivity contribution in [2.75, 3.05) is 19.1 Å². The monoisotopic (exact) mass is 256 g/mol. The van der Waals surface area contributed by atoms with Crippen molar-refractivity contribution >= 4 is 28.1 Å². The second kappa shape index (κ2) is 3.71. The lowest BCUT2D eigenvalue weighted by Crippen LogP contribution is -2.25. The van der Waals surface area contributed by atoms with Crippen LogP contribution in [0.5, 0.6) is 11.5 Å². The first-order chi connectivity index (χ1) is 9.07. The molecule has 1 amide bonds. The lowest BCUT2D eigenvalue weighted by Gasteiger charge is -2.16. The maximum Gasteiger partial charge on any atom is 0.276 e. The minimum atomic E-state index is -0.445. The Morgan fingerprint density at radius 3 is 2.53 bits per heavy atom. The highest BCUT2D eigenvalue weighted by Gasteiger charge is 2.37. The standard InChI is InChI=1S/C14H12N2O3/c1-16-11-9(10(15)14(16)18)12(17)7-5-3-4-6-8(7)13(11)19-2/h3-6,15,17H,1-2H3. The highest BCUT2D eigenvalue weighted by Crippen LogP contribution is 2.48.